The third kappa shape index (κ3) is 5.39. The van der Waals surface area contributed by atoms with Gasteiger partial charge >= 0.3 is 12.1 Å². The summed E-state index contributed by atoms with van der Waals surface area (Å²) in [5, 5.41) is 14.3. The van der Waals surface area contributed by atoms with E-state index in [4.69, 9.17) is 4.74 Å². The molecule has 3 aliphatic rings. The summed E-state index contributed by atoms with van der Waals surface area (Å²) in [7, 11) is 1.28. The first-order valence-electron chi connectivity index (χ1n) is 12.3. The number of halogens is 3. The van der Waals surface area contributed by atoms with E-state index in [1.807, 2.05) is 6.07 Å². The first-order valence-corrected chi connectivity index (χ1v) is 12.3. The number of nitrogens with one attached hydrogen (secondary N) is 2. The predicted molar refractivity (Wildman–Crippen MR) is 125 cm³/mol. The molecule has 0 bridgehead atoms. The van der Waals surface area contributed by atoms with Crippen LogP contribution in [0, 0.1) is 17.2 Å². The smallest absolute Gasteiger partial charge is 0.471 e. The van der Waals surface area contributed by atoms with Gasteiger partial charge in [-0.3, -0.25) is 19.2 Å². The number of para-hydroxylation sites is 1. The molecule has 1 aliphatic carbocycles. The third-order valence-corrected chi connectivity index (χ3v) is 7.22. The number of amides is 4. The average molecular weight is 536 g/mol. The van der Waals surface area contributed by atoms with Gasteiger partial charge in [-0.25, -0.2) is 0 Å². The van der Waals surface area contributed by atoms with Crippen molar-refractivity contribution in [2.75, 3.05) is 13.6 Å². The highest BCUT2D eigenvalue weighted by molar-refractivity contribution is 5.94. The van der Waals surface area contributed by atoms with E-state index in [1.165, 1.54) is 11.9 Å². The average Bonchev–Trinajstić information content (AvgIpc) is 3.64. The van der Waals surface area contributed by atoms with E-state index in [2.05, 4.69) is 5.32 Å². The maximum Gasteiger partial charge on any atom is 0.471 e. The van der Waals surface area contributed by atoms with E-state index in [-0.39, 0.29) is 31.8 Å². The van der Waals surface area contributed by atoms with Gasteiger partial charge < -0.3 is 25.2 Å². The van der Waals surface area contributed by atoms with Crippen LogP contribution in [0.1, 0.15) is 38.2 Å². The first-order chi connectivity index (χ1) is 17.9. The predicted octanol–water partition coefficient (Wildman–Crippen LogP) is 1.25. The van der Waals surface area contributed by atoms with Crippen molar-refractivity contribution in [2.45, 2.75) is 69.1 Å². The zero-order valence-electron chi connectivity index (χ0n) is 20.9. The number of nitrogens with zero attached hydrogens (tertiary/aromatic N) is 3. The summed E-state index contributed by atoms with van der Waals surface area (Å²) in [5.41, 5.74) is -0.786. The highest BCUT2D eigenvalue weighted by atomic mass is 19.4. The number of hydrogen-bond donors (Lipinski definition) is 2. The SMILES string of the molecule is C[C@H](NC(=O)C(F)(F)F)C(=O)N(C)[C@@H](CC1CC1)C(=O)N1C[C@@]2(C[C@H]1C#N)Oc1ccccc1CNC2=O. The van der Waals surface area contributed by atoms with Crippen molar-refractivity contribution < 1.29 is 37.1 Å². The Morgan fingerprint density at radius 2 is 2.00 bits per heavy atom. The number of carbonyl (C=O) groups is 4. The third-order valence-electron chi connectivity index (χ3n) is 7.22. The molecule has 13 heteroatoms. The van der Waals surface area contributed by atoms with Crippen LogP contribution in [-0.2, 0) is 25.7 Å². The fraction of sp³-hybridized carbons (Fsp3) is 0.560. The van der Waals surface area contributed by atoms with E-state index in [9.17, 15) is 37.6 Å². The van der Waals surface area contributed by atoms with E-state index < -0.39 is 53.5 Å². The summed E-state index contributed by atoms with van der Waals surface area (Å²) >= 11 is 0. The Morgan fingerprint density at radius 1 is 1.32 bits per heavy atom. The van der Waals surface area contributed by atoms with Gasteiger partial charge in [-0.15, -0.1) is 0 Å². The lowest BCUT2D eigenvalue weighted by Gasteiger charge is -2.34. The number of fused-ring (bicyclic) bond motifs is 1. The van der Waals surface area contributed by atoms with Crippen LogP contribution < -0.4 is 15.4 Å². The monoisotopic (exact) mass is 535 g/mol. The van der Waals surface area contributed by atoms with Crippen molar-refractivity contribution in [1.29, 1.82) is 5.26 Å². The van der Waals surface area contributed by atoms with Crippen molar-refractivity contribution in [1.82, 2.24) is 20.4 Å². The van der Waals surface area contributed by atoms with Crippen LogP contribution in [0.5, 0.6) is 5.75 Å². The molecule has 1 spiro atoms. The molecule has 10 nitrogen and oxygen atoms in total. The zero-order chi connectivity index (χ0) is 27.8. The minimum absolute atomic E-state index is 0.0960. The number of carbonyl (C=O) groups excluding carboxylic acids is 4. The number of ether oxygens (including phenoxy) is 1. The highest BCUT2D eigenvalue weighted by Gasteiger charge is 2.55. The van der Waals surface area contributed by atoms with Crippen LogP contribution in [0.3, 0.4) is 0 Å². The Hall–Kier alpha value is -3.82. The Balaban J connectivity index is 1.57. The van der Waals surface area contributed by atoms with Crippen LogP contribution in [-0.4, -0.2) is 76.9 Å². The van der Waals surface area contributed by atoms with Gasteiger partial charge in [-0.1, -0.05) is 31.0 Å². The van der Waals surface area contributed by atoms with Crippen LogP contribution in [0.15, 0.2) is 24.3 Å². The van der Waals surface area contributed by atoms with Gasteiger partial charge in [-0.05, 0) is 25.3 Å². The molecule has 38 heavy (non-hydrogen) atoms. The van der Waals surface area contributed by atoms with Crippen LogP contribution in [0.2, 0.25) is 0 Å². The van der Waals surface area contributed by atoms with Crippen molar-refractivity contribution in [3.63, 3.8) is 0 Å². The Kier molecular flexibility index (Phi) is 7.27. The summed E-state index contributed by atoms with van der Waals surface area (Å²) in [4.78, 5) is 53.5. The number of likely N-dealkylation sites (tertiary alicyclic amines) is 1. The maximum atomic E-state index is 13.8. The molecule has 0 aromatic heterocycles. The summed E-state index contributed by atoms with van der Waals surface area (Å²) < 4.78 is 44.2. The van der Waals surface area contributed by atoms with Crippen molar-refractivity contribution >= 4 is 23.6 Å². The molecule has 2 N–H and O–H groups in total. The Morgan fingerprint density at radius 3 is 2.63 bits per heavy atom. The van der Waals surface area contributed by atoms with Crippen molar-refractivity contribution in [2.24, 2.45) is 5.92 Å². The summed E-state index contributed by atoms with van der Waals surface area (Å²) in [6.45, 7) is 1.07. The van der Waals surface area contributed by atoms with Gasteiger partial charge in [-0.2, -0.15) is 18.4 Å². The van der Waals surface area contributed by atoms with Crippen LogP contribution in [0.4, 0.5) is 13.2 Å². The van der Waals surface area contributed by atoms with E-state index >= 15 is 0 Å². The summed E-state index contributed by atoms with van der Waals surface area (Å²) in [6, 6.07) is 5.38. The molecule has 4 amide bonds. The second-order valence-electron chi connectivity index (χ2n) is 10.0. The van der Waals surface area contributed by atoms with E-state index in [0.717, 1.165) is 30.2 Å². The zero-order valence-corrected chi connectivity index (χ0v) is 20.9. The molecule has 0 radical (unpaired) electrons. The molecule has 204 valence electrons. The number of alkyl halides is 3. The lowest BCUT2D eigenvalue weighted by molar-refractivity contribution is -0.175. The fourth-order valence-electron chi connectivity index (χ4n) is 4.89. The molecule has 2 fully saturated rings. The highest BCUT2D eigenvalue weighted by Crippen LogP contribution is 2.39. The van der Waals surface area contributed by atoms with Crippen molar-refractivity contribution in [3.8, 4) is 11.8 Å². The summed E-state index contributed by atoms with van der Waals surface area (Å²) in [5.74, 6) is -3.66. The minimum Gasteiger partial charge on any atom is -0.475 e. The number of nitriles is 1. The number of likely N-dealkylation sites (N-methyl/N-ethyl adjacent to an activating group) is 1. The Labute approximate surface area is 217 Å². The van der Waals surface area contributed by atoms with Gasteiger partial charge in [0.15, 0.2) is 0 Å². The molecule has 0 unspecified atom stereocenters. The first kappa shape index (κ1) is 27.2. The van der Waals surface area contributed by atoms with Crippen molar-refractivity contribution in [3.05, 3.63) is 29.8 Å². The normalized spacial score (nSPS) is 24.3. The standard InChI is InChI=1S/C25H28F3N5O5/c1-14(31-23(37)25(26,27)28)20(34)32(2)18(9-15-7-8-15)21(35)33-13-24(10-17(33)11-29)22(36)30-12-16-5-3-4-6-19(16)38-24/h3-6,14-15,17-18H,7-10,12-13H2,1-2H3,(H,30,36)(H,31,37)/t14-,17-,18-,24+/m0/s1. The molecular formula is C25H28F3N5O5. The molecule has 2 aliphatic heterocycles. The van der Waals surface area contributed by atoms with Crippen LogP contribution in [0.25, 0.3) is 0 Å². The lowest BCUT2D eigenvalue weighted by Crippen LogP contribution is -2.57. The van der Waals surface area contributed by atoms with Gasteiger partial charge in [0.25, 0.3) is 5.91 Å². The van der Waals surface area contributed by atoms with E-state index in [1.54, 1.807) is 29.6 Å². The second-order valence-corrected chi connectivity index (χ2v) is 10.0. The summed E-state index contributed by atoms with van der Waals surface area (Å²) in [6.07, 6.45) is -3.39. The lowest BCUT2D eigenvalue weighted by atomic mass is 9.99. The van der Waals surface area contributed by atoms with Gasteiger partial charge in [0, 0.05) is 25.6 Å². The van der Waals surface area contributed by atoms with Gasteiger partial charge in [0.05, 0.1) is 12.6 Å². The molecule has 1 saturated carbocycles. The molecule has 4 atom stereocenters. The molecule has 4 rings (SSSR count). The number of hydrogen-bond acceptors (Lipinski definition) is 6. The van der Waals surface area contributed by atoms with Crippen LogP contribution >= 0.6 is 0 Å². The number of rotatable bonds is 6. The van der Waals surface area contributed by atoms with E-state index in [0.29, 0.717) is 5.75 Å². The maximum absolute atomic E-state index is 13.8. The topological polar surface area (TPSA) is 132 Å². The molecule has 1 saturated heterocycles. The Bertz CT molecular complexity index is 1180. The molecule has 1 aromatic rings. The number of benzene rings is 1. The molecule has 1 aromatic carbocycles. The second kappa shape index (κ2) is 10.2. The van der Waals surface area contributed by atoms with Gasteiger partial charge in [0.2, 0.25) is 17.4 Å². The fourth-order valence-corrected chi connectivity index (χ4v) is 4.89. The van der Waals surface area contributed by atoms with Gasteiger partial charge in [0.1, 0.15) is 23.9 Å². The largest absolute Gasteiger partial charge is 0.475 e. The molecule has 2 heterocycles. The minimum atomic E-state index is -5.17. The quantitative estimate of drug-likeness (QED) is 0.564. The molecular weight excluding hydrogens is 507 g/mol.